The number of anilines is 1. The van der Waals surface area contributed by atoms with E-state index in [1.54, 1.807) is 36.2 Å². The van der Waals surface area contributed by atoms with Gasteiger partial charge in [-0.1, -0.05) is 24.3 Å². The van der Waals surface area contributed by atoms with Gasteiger partial charge < -0.3 is 10.1 Å². The van der Waals surface area contributed by atoms with Crippen LogP contribution in [0, 0.1) is 10.1 Å². The SMILES string of the molecule is COc1ccc(-c2nn(-c3ccccc3)cc2C(=O)Nc2cccc([N+](=O)[O-])c2)cc1. The second-order valence-corrected chi connectivity index (χ2v) is 6.66. The van der Waals surface area contributed by atoms with E-state index in [0.29, 0.717) is 22.7 Å². The van der Waals surface area contributed by atoms with Crippen molar-refractivity contribution < 1.29 is 14.5 Å². The fourth-order valence-corrected chi connectivity index (χ4v) is 3.11. The van der Waals surface area contributed by atoms with E-state index in [-0.39, 0.29) is 5.69 Å². The van der Waals surface area contributed by atoms with E-state index in [4.69, 9.17) is 4.74 Å². The van der Waals surface area contributed by atoms with Crippen LogP contribution in [0.2, 0.25) is 0 Å². The number of methoxy groups -OCH3 is 1. The molecular weight excluding hydrogens is 396 g/mol. The first-order valence-electron chi connectivity index (χ1n) is 9.40. The topological polar surface area (TPSA) is 99.3 Å². The molecule has 0 aliphatic carbocycles. The van der Waals surface area contributed by atoms with Crippen molar-refractivity contribution in [3.05, 3.63) is 101 Å². The lowest BCUT2D eigenvalue weighted by atomic mass is 10.1. The molecule has 0 spiro atoms. The van der Waals surface area contributed by atoms with Gasteiger partial charge in [-0.25, -0.2) is 4.68 Å². The number of nitrogens with zero attached hydrogens (tertiary/aromatic N) is 3. The van der Waals surface area contributed by atoms with Crippen molar-refractivity contribution in [3.8, 4) is 22.7 Å². The number of non-ortho nitro benzene ring substituents is 1. The van der Waals surface area contributed by atoms with Gasteiger partial charge in [0.2, 0.25) is 0 Å². The van der Waals surface area contributed by atoms with Crippen LogP contribution in [0.1, 0.15) is 10.4 Å². The van der Waals surface area contributed by atoms with Crippen LogP contribution in [0.25, 0.3) is 16.9 Å². The lowest BCUT2D eigenvalue weighted by Crippen LogP contribution is -2.12. The first-order chi connectivity index (χ1) is 15.0. The van der Waals surface area contributed by atoms with Crippen LogP contribution in [0.3, 0.4) is 0 Å². The minimum Gasteiger partial charge on any atom is -0.497 e. The van der Waals surface area contributed by atoms with Gasteiger partial charge in [-0.2, -0.15) is 5.10 Å². The van der Waals surface area contributed by atoms with Crippen LogP contribution in [0.15, 0.2) is 85.1 Å². The monoisotopic (exact) mass is 414 g/mol. The summed E-state index contributed by atoms with van der Waals surface area (Å²) in [5.41, 5.74) is 2.57. The minimum atomic E-state index is -0.508. The number of hydrogen-bond acceptors (Lipinski definition) is 5. The average molecular weight is 414 g/mol. The number of benzene rings is 3. The van der Waals surface area contributed by atoms with Crippen molar-refractivity contribution in [3.63, 3.8) is 0 Å². The van der Waals surface area contributed by atoms with Gasteiger partial charge >= 0.3 is 0 Å². The van der Waals surface area contributed by atoms with Crippen molar-refractivity contribution in [1.82, 2.24) is 9.78 Å². The van der Waals surface area contributed by atoms with E-state index < -0.39 is 10.8 Å². The maximum absolute atomic E-state index is 13.1. The Labute approximate surface area is 177 Å². The molecule has 0 atom stereocenters. The molecule has 1 amide bonds. The molecule has 31 heavy (non-hydrogen) atoms. The molecule has 0 saturated heterocycles. The Balaban J connectivity index is 1.74. The number of nitro groups is 1. The number of rotatable bonds is 6. The van der Waals surface area contributed by atoms with Gasteiger partial charge in [0.05, 0.1) is 23.3 Å². The smallest absolute Gasteiger partial charge is 0.271 e. The number of carbonyl (C=O) groups excluding carboxylic acids is 1. The van der Waals surface area contributed by atoms with Gasteiger partial charge in [-0.15, -0.1) is 0 Å². The Morgan fingerprint density at radius 1 is 1.03 bits per heavy atom. The maximum atomic E-state index is 13.1. The van der Waals surface area contributed by atoms with Gasteiger partial charge in [-0.3, -0.25) is 14.9 Å². The second-order valence-electron chi connectivity index (χ2n) is 6.66. The summed E-state index contributed by atoms with van der Waals surface area (Å²) in [5.74, 6) is 0.266. The summed E-state index contributed by atoms with van der Waals surface area (Å²) in [6, 6.07) is 22.4. The zero-order valence-electron chi connectivity index (χ0n) is 16.6. The Hall–Kier alpha value is -4.46. The van der Waals surface area contributed by atoms with E-state index in [9.17, 15) is 14.9 Å². The van der Waals surface area contributed by atoms with Crippen LogP contribution in [-0.4, -0.2) is 27.7 Å². The summed E-state index contributed by atoms with van der Waals surface area (Å²) in [7, 11) is 1.58. The Kier molecular flexibility index (Phi) is 5.44. The zero-order chi connectivity index (χ0) is 21.8. The highest BCUT2D eigenvalue weighted by molar-refractivity contribution is 6.08. The van der Waals surface area contributed by atoms with E-state index in [1.807, 2.05) is 42.5 Å². The molecular formula is C23H18N4O4. The Morgan fingerprint density at radius 2 is 1.77 bits per heavy atom. The summed E-state index contributed by atoms with van der Waals surface area (Å²) < 4.78 is 6.83. The lowest BCUT2D eigenvalue weighted by Gasteiger charge is -2.06. The maximum Gasteiger partial charge on any atom is 0.271 e. The lowest BCUT2D eigenvalue weighted by molar-refractivity contribution is -0.384. The molecule has 0 unspecified atom stereocenters. The molecule has 0 fully saturated rings. The van der Waals surface area contributed by atoms with Crippen LogP contribution >= 0.6 is 0 Å². The molecule has 0 radical (unpaired) electrons. The Bertz CT molecular complexity index is 1230. The van der Waals surface area contributed by atoms with Gasteiger partial charge in [-0.05, 0) is 42.5 Å². The predicted octanol–water partition coefficient (Wildman–Crippen LogP) is 4.71. The third-order valence-corrected chi connectivity index (χ3v) is 4.66. The molecule has 0 aliphatic rings. The number of nitro benzene ring substituents is 1. The minimum absolute atomic E-state index is 0.104. The first-order valence-corrected chi connectivity index (χ1v) is 9.40. The number of amides is 1. The van der Waals surface area contributed by atoms with Gasteiger partial charge in [0, 0.05) is 29.6 Å². The first kappa shape index (κ1) is 19.8. The summed E-state index contributed by atoms with van der Waals surface area (Å²) in [6.45, 7) is 0. The molecule has 4 aromatic rings. The standard InChI is InChI=1S/C23H18N4O4/c1-31-20-12-10-16(11-13-20)22-21(15-26(25-22)18-7-3-2-4-8-18)23(28)24-17-6-5-9-19(14-17)27(29)30/h2-15H,1H3,(H,24,28). The summed E-state index contributed by atoms with van der Waals surface area (Å²) in [5, 5.41) is 18.4. The highest BCUT2D eigenvalue weighted by atomic mass is 16.6. The quantitative estimate of drug-likeness (QED) is 0.364. The summed E-state index contributed by atoms with van der Waals surface area (Å²) >= 11 is 0. The number of carbonyl (C=O) groups is 1. The molecule has 4 rings (SSSR count). The van der Waals surface area contributed by atoms with E-state index in [0.717, 1.165) is 11.3 Å². The molecule has 0 bridgehead atoms. The van der Waals surface area contributed by atoms with Crippen molar-refractivity contribution in [2.75, 3.05) is 12.4 Å². The number of para-hydroxylation sites is 1. The number of ether oxygens (including phenoxy) is 1. The molecule has 154 valence electrons. The summed E-state index contributed by atoms with van der Waals surface area (Å²) in [4.78, 5) is 23.6. The van der Waals surface area contributed by atoms with Crippen LogP contribution in [-0.2, 0) is 0 Å². The van der Waals surface area contributed by atoms with E-state index in [1.165, 1.54) is 18.2 Å². The number of hydrogen-bond donors (Lipinski definition) is 1. The molecule has 3 aromatic carbocycles. The fraction of sp³-hybridized carbons (Fsp3) is 0.0435. The molecule has 1 aromatic heterocycles. The fourth-order valence-electron chi connectivity index (χ4n) is 3.11. The largest absolute Gasteiger partial charge is 0.497 e. The third-order valence-electron chi connectivity index (χ3n) is 4.66. The number of nitrogens with one attached hydrogen (secondary N) is 1. The second kappa shape index (κ2) is 8.50. The average Bonchev–Trinajstić information content (AvgIpc) is 3.25. The van der Waals surface area contributed by atoms with Gasteiger partial charge in [0.1, 0.15) is 11.4 Å². The Morgan fingerprint density at radius 3 is 2.45 bits per heavy atom. The van der Waals surface area contributed by atoms with E-state index >= 15 is 0 Å². The van der Waals surface area contributed by atoms with E-state index in [2.05, 4.69) is 10.4 Å². The van der Waals surface area contributed by atoms with Crippen LogP contribution in [0.5, 0.6) is 5.75 Å². The normalized spacial score (nSPS) is 10.5. The summed E-state index contributed by atoms with van der Waals surface area (Å²) in [6.07, 6.45) is 1.64. The van der Waals surface area contributed by atoms with Crippen molar-refractivity contribution >= 4 is 17.3 Å². The molecule has 0 saturated carbocycles. The highest BCUT2D eigenvalue weighted by Gasteiger charge is 2.19. The molecule has 8 nitrogen and oxygen atoms in total. The molecule has 1 heterocycles. The van der Waals surface area contributed by atoms with Crippen LogP contribution < -0.4 is 10.1 Å². The van der Waals surface area contributed by atoms with Crippen molar-refractivity contribution in [2.24, 2.45) is 0 Å². The molecule has 8 heteroatoms. The van der Waals surface area contributed by atoms with Crippen molar-refractivity contribution in [1.29, 1.82) is 0 Å². The third kappa shape index (κ3) is 4.27. The predicted molar refractivity (Wildman–Crippen MR) is 117 cm³/mol. The van der Waals surface area contributed by atoms with Crippen molar-refractivity contribution in [2.45, 2.75) is 0 Å². The molecule has 0 aliphatic heterocycles. The van der Waals surface area contributed by atoms with Gasteiger partial charge in [0.15, 0.2) is 0 Å². The zero-order valence-corrected chi connectivity index (χ0v) is 16.6. The van der Waals surface area contributed by atoms with Gasteiger partial charge in [0.25, 0.3) is 11.6 Å². The van der Waals surface area contributed by atoms with Crippen LogP contribution in [0.4, 0.5) is 11.4 Å². The molecule has 1 N–H and O–H groups in total. The number of aromatic nitrogens is 2. The highest BCUT2D eigenvalue weighted by Crippen LogP contribution is 2.27.